The maximum Gasteiger partial charge on any atom is 0.255 e. The highest BCUT2D eigenvalue weighted by Gasteiger charge is 2.63. The zero-order valence-electron chi connectivity index (χ0n) is 23.2. The Morgan fingerprint density at radius 1 is 1.15 bits per heavy atom. The minimum Gasteiger partial charge on any atom is -0.510 e. The first-order chi connectivity index (χ1) is 19.3. The highest BCUT2D eigenvalue weighted by Crippen LogP contribution is 2.53. The molecular formula is C30H32N4O7. The summed E-state index contributed by atoms with van der Waals surface area (Å²) >= 11 is 0. The number of Topliss-reactive ketones (excluding diaryl/α,β-unsaturated/α-hetero) is 2. The van der Waals surface area contributed by atoms with Crippen LogP contribution in [0.4, 0.5) is 5.69 Å². The number of likely N-dealkylation sites (N-methyl/N-ethyl adjacent to an activating group) is 1. The van der Waals surface area contributed by atoms with Crippen LogP contribution in [-0.4, -0.2) is 94.9 Å². The van der Waals surface area contributed by atoms with Crippen LogP contribution in [0.25, 0.3) is 0 Å². The summed E-state index contributed by atoms with van der Waals surface area (Å²) in [5, 5.41) is 45.5. The third-order valence-electron chi connectivity index (χ3n) is 8.36. The number of phenols is 1. The molecule has 0 aromatic heterocycles. The van der Waals surface area contributed by atoms with Gasteiger partial charge in [0.1, 0.15) is 28.6 Å². The Kier molecular flexibility index (Phi) is 6.80. The number of aromatic hydroxyl groups is 1. The number of hydrogen-bond donors (Lipinski definition) is 5. The molecule has 4 atom stereocenters. The third kappa shape index (κ3) is 4.13. The Balaban J connectivity index is 1.70. The standard InChI is InChI=1S/C30H32N4O7/c1-33(2)19-13-14(8-9-16-7-5-6-10-32-16)24(35)21-17(19)11-15-12-18-23(34(3)4)26(37)22(29(31)40)28(39)30(18,41)27(38)20(15)25(21)36/h5,7,13,15,18,23,35,37-38,41H,6,10-12H2,1-4H3,(H2,31,40)/t15-,18-,23-,30-/m0/s1. The summed E-state index contributed by atoms with van der Waals surface area (Å²) in [7, 11) is 6.77. The third-order valence-corrected chi connectivity index (χ3v) is 8.36. The van der Waals surface area contributed by atoms with Crippen LogP contribution in [0.3, 0.4) is 0 Å². The molecule has 4 aliphatic rings. The van der Waals surface area contributed by atoms with Crippen LogP contribution in [0, 0.1) is 23.7 Å². The molecule has 0 spiro atoms. The van der Waals surface area contributed by atoms with Crippen LogP contribution in [0.5, 0.6) is 5.75 Å². The lowest BCUT2D eigenvalue weighted by atomic mass is 9.58. The second-order valence-corrected chi connectivity index (χ2v) is 11.2. The first-order valence-corrected chi connectivity index (χ1v) is 13.2. The largest absolute Gasteiger partial charge is 0.510 e. The van der Waals surface area contributed by atoms with E-state index in [4.69, 9.17) is 5.73 Å². The number of allylic oxidation sites excluding steroid dienone is 2. The van der Waals surface area contributed by atoms with E-state index in [1.165, 1.54) is 4.90 Å². The molecular weight excluding hydrogens is 528 g/mol. The number of hydrogen-bond acceptors (Lipinski definition) is 10. The molecule has 6 N–H and O–H groups in total. The first-order valence-electron chi connectivity index (χ1n) is 13.2. The topological polar surface area (TPSA) is 177 Å². The number of aliphatic hydroxyl groups excluding tert-OH is 2. The predicted octanol–water partition coefficient (Wildman–Crippen LogP) is 0.939. The van der Waals surface area contributed by atoms with Gasteiger partial charge in [-0.15, -0.1) is 0 Å². The average Bonchev–Trinajstić information content (AvgIpc) is 2.90. The number of rotatable bonds is 3. The molecule has 1 heterocycles. The van der Waals surface area contributed by atoms with Gasteiger partial charge in [-0.1, -0.05) is 12.0 Å². The van der Waals surface area contributed by atoms with Crippen LogP contribution in [0.2, 0.25) is 0 Å². The van der Waals surface area contributed by atoms with Crippen LogP contribution in [0.1, 0.15) is 34.3 Å². The summed E-state index contributed by atoms with van der Waals surface area (Å²) in [4.78, 5) is 47.3. The van der Waals surface area contributed by atoms with E-state index in [0.717, 1.165) is 6.42 Å². The van der Waals surface area contributed by atoms with E-state index in [9.17, 15) is 34.8 Å². The van der Waals surface area contributed by atoms with E-state index in [1.54, 1.807) is 45.2 Å². The number of dihydropyridines is 1. The van der Waals surface area contributed by atoms with E-state index in [1.807, 2.05) is 6.08 Å². The SMILES string of the molecule is CN(C)c1cc(C#CC2=NCCC=C2)c(O)c2c1C[C@H]1C[C@H]3[C@H](N(C)C)C(O)=C(C(N)=O)C(=O)[C@@]3(O)C(O)=C1C2=O. The second-order valence-electron chi connectivity index (χ2n) is 11.2. The molecule has 1 amide bonds. The Bertz CT molecular complexity index is 1590. The number of aliphatic hydroxyl groups is 3. The van der Waals surface area contributed by atoms with Crippen LogP contribution < -0.4 is 10.6 Å². The summed E-state index contributed by atoms with van der Waals surface area (Å²) < 4.78 is 0. The van der Waals surface area contributed by atoms with Crippen molar-refractivity contribution in [2.75, 3.05) is 39.6 Å². The molecule has 3 aliphatic carbocycles. The number of primary amides is 1. The van der Waals surface area contributed by atoms with Gasteiger partial charge in [-0.3, -0.25) is 24.3 Å². The van der Waals surface area contributed by atoms with E-state index >= 15 is 0 Å². The van der Waals surface area contributed by atoms with Crippen LogP contribution in [0.15, 0.2) is 45.9 Å². The number of nitrogens with two attached hydrogens (primary N) is 1. The second kappa shape index (κ2) is 9.90. The van der Waals surface area contributed by atoms with E-state index in [-0.39, 0.29) is 35.3 Å². The Labute approximate surface area is 237 Å². The zero-order chi connectivity index (χ0) is 30.0. The maximum atomic E-state index is 14.1. The number of fused-ring (bicyclic) bond motifs is 3. The maximum absolute atomic E-state index is 14.1. The van der Waals surface area contributed by atoms with Gasteiger partial charge in [-0.2, -0.15) is 0 Å². The number of amides is 1. The van der Waals surface area contributed by atoms with Gasteiger partial charge in [0.15, 0.2) is 11.4 Å². The average molecular weight is 561 g/mol. The van der Waals surface area contributed by atoms with Crippen molar-refractivity contribution in [3.05, 3.63) is 57.6 Å². The van der Waals surface area contributed by atoms with Crippen LogP contribution >= 0.6 is 0 Å². The molecule has 0 radical (unpaired) electrons. The number of carbonyl (C=O) groups is 3. The fourth-order valence-electron chi connectivity index (χ4n) is 6.51. The quantitative estimate of drug-likeness (QED) is 0.266. The van der Waals surface area contributed by atoms with Crippen molar-refractivity contribution in [2.24, 2.45) is 22.6 Å². The zero-order valence-corrected chi connectivity index (χ0v) is 23.2. The Hall–Kier alpha value is -4.40. The summed E-state index contributed by atoms with van der Waals surface area (Å²) in [6, 6.07) is 0.645. The van der Waals surface area contributed by atoms with E-state index in [2.05, 4.69) is 16.8 Å². The number of carbonyl (C=O) groups excluding carboxylic acids is 3. The van der Waals surface area contributed by atoms with Gasteiger partial charge in [0.25, 0.3) is 5.91 Å². The van der Waals surface area contributed by atoms with Gasteiger partial charge in [0.05, 0.1) is 17.2 Å². The molecule has 5 rings (SSSR count). The Morgan fingerprint density at radius 2 is 1.85 bits per heavy atom. The lowest BCUT2D eigenvalue weighted by molar-refractivity contribution is -0.148. The minimum atomic E-state index is -2.69. The molecule has 1 aromatic rings. The molecule has 41 heavy (non-hydrogen) atoms. The fourth-order valence-corrected chi connectivity index (χ4v) is 6.51. The first kappa shape index (κ1) is 28.1. The summed E-state index contributed by atoms with van der Waals surface area (Å²) in [5.41, 5.74) is 3.46. The van der Waals surface area contributed by atoms with Gasteiger partial charge in [0.2, 0.25) is 5.78 Å². The highest BCUT2D eigenvalue weighted by molar-refractivity contribution is 6.25. The van der Waals surface area contributed by atoms with Crippen molar-refractivity contribution in [1.82, 2.24) is 4.90 Å². The van der Waals surface area contributed by atoms with Crippen molar-refractivity contribution < 1.29 is 34.8 Å². The number of aliphatic imine (C=N–C) groups is 1. The lowest BCUT2D eigenvalue weighted by Crippen LogP contribution is -2.63. The predicted molar refractivity (Wildman–Crippen MR) is 151 cm³/mol. The number of ketones is 2. The molecule has 0 bridgehead atoms. The molecule has 11 nitrogen and oxygen atoms in total. The molecule has 0 saturated heterocycles. The number of phenolic OH excluding ortho intramolecular Hbond substituents is 1. The summed E-state index contributed by atoms with van der Waals surface area (Å²) in [6.07, 6.45) is 4.76. The van der Waals surface area contributed by atoms with Crippen LogP contribution in [-0.2, 0) is 16.0 Å². The minimum absolute atomic E-state index is 0.0209. The Morgan fingerprint density at radius 3 is 2.44 bits per heavy atom. The molecule has 11 heteroatoms. The summed E-state index contributed by atoms with van der Waals surface area (Å²) in [6.45, 7) is 0.606. The van der Waals surface area contributed by atoms with Crippen molar-refractivity contribution in [1.29, 1.82) is 0 Å². The van der Waals surface area contributed by atoms with E-state index in [0.29, 0.717) is 23.5 Å². The van der Waals surface area contributed by atoms with Crippen molar-refractivity contribution in [2.45, 2.75) is 30.9 Å². The molecule has 1 aromatic carbocycles. The van der Waals surface area contributed by atoms with Crippen molar-refractivity contribution >= 4 is 28.9 Å². The normalized spacial score (nSPS) is 27.1. The number of nitrogens with zero attached hydrogens (tertiary/aromatic N) is 3. The highest BCUT2D eigenvalue weighted by atomic mass is 16.3. The van der Waals surface area contributed by atoms with Gasteiger partial charge >= 0.3 is 0 Å². The van der Waals surface area contributed by atoms with Gasteiger partial charge in [-0.05, 0) is 62.9 Å². The smallest absolute Gasteiger partial charge is 0.255 e. The molecule has 1 aliphatic heterocycles. The molecule has 0 fully saturated rings. The van der Waals surface area contributed by atoms with E-state index < -0.39 is 58.0 Å². The molecule has 0 saturated carbocycles. The van der Waals surface area contributed by atoms with Gasteiger partial charge < -0.3 is 31.1 Å². The van der Waals surface area contributed by atoms with Crippen molar-refractivity contribution in [3.8, 4) is 17.6 Å². The number of benzene rings is 1. The fraction of sp³-hybridized carbons (Fsp3) is 0.400. The van der Waals surface area contributed by atoms with Gasteiger partial charge in [-0.25, -0.2) is 0 Å². The van der Waals surface area contributed by atoms with Gasteiger partial charge in [0, 0.05) is 37.8 Å². The van der Waals surface area contributed by atoms with Crippen molar-refractivity contribution in [3.63, 3.8) is 0 Å². The summed E-state index contributed by atoms with van der Waals surface area (Å²) in [5.74, 6) is -1.10. The lowest BCUT2D eigenvalue weighted by Gasteiger charge is -2.50. The molecule has 214 valence electrons. The number of anilines is 1. The molecule has 0 unspecified atom stereocenters. The monoisotopic (exact) mass is 560 g/mol.